The number of hydrogen-bond acceptors (Lipinski definition) is 5. The van der Waals surface area contributed by atoms with Gasteiger partial charge < -0.3 is 0 Å². The smallest absolute Gasteiger partial charge is 0.219 e. The molecule has 41 heavy (non-hydrogen) atoms. The van der Waals surface area contributed by atoms with Crippen LogP contribution >= 0.6 is 55.4 Å². The van der Waals surface area contributed by atoms with E-state index in [1.165, 1.54) is 17.3 Å². The molecule has 5 aromatic carbocycles. The number of carbonyl (C=O) groups excluding carboxylic acids is 1. The van der Waals surface area contributed by atoms with Gasteiger partial charge >= 0.3 is 0 Å². The van der Waals surface area contributed by atoms with Crippen molar-refractivity contribution in [2.24, 2.45) is 5.10 Å². The summed E-state index contributed by atoms with van der Waals surface area (Å²) in [6.45, 7) is 0. The molecule has 2 aliphatic rings. The summed E-state index contributed by atoms with van der Waals surface area (Å²) in [7, 11) is 0. The van der Waals surface area contributed by atoms with Crippen molar-refractivity contribution in [3.05, 3.63) is 170 Å². The van der Waals surface area contributed by atoms with Crippen molar-refractivity contribution in [3.8, 4) is 0 Å². The maximum absolute atomic E-state index is 13.9. The summed E-state index contributed by atoms with van der Waals surface area (Å²) in [5.74, 6) is -0.0729. The highest BCUT2D eigenvalue weighted by atomic mass is 79.9. The van der Waals surface area contributed by atoms with Crippen LogP contribution in [-0.4, -0.2) is 10.8 Å². The minimum absolute atomic E-state index is 0.0729. The molecule has 1 unspecified atom stereocenters. The quantitative estimate of drug-likeness (QED) is 0.171. The Kier molecular flexibility index (Phi) is 6.94. The van der Waals surface area contributed by atoms with Crippen LogP contribution in [0.1, 0.15) is 32.6 Å². The third kappa shape index (κ3) is 4.41. The van der Waals surface area contributed by atoms with Gasteiger partial charge in [0.15, 0.2) is 9.25 Å². The number of rotatable bonds is 5. The summed E-state index contributed by atoms with van der Waals surface area (Å²) in [4.78, 5) is 13.9. The van der Waals surface area contributed by atoms with E-state index in [9.17, 15) is 4.79 Å². The lowest BCUT2D eigenvalue weighted by atomic mass is 9.82. The zero-order chi connectivity index (χ0) is 28.0. The van der Waals surface area contributed by atoms with E-state index in [4.69, 9.17) is 5.10 Å². The molecule has 0 N–H and O–H groups in total. The zero-order valence-electron chi connectivity index (χ0n) is 21.6. The van der Waals surface area contributed by atoms with E-state index in [0.717, 1.165) is 31.3 Å². The highest BCUT2D eigenvalue weighted by molar-refractivity contribution is 9.10. The standard InChI is InChI=1S/C34H22Br2N2OS2/c35-26-19-15-24(16-20-26)33(25-17-21-27(36)22-18-25)29-13-7-8-14-30(29)34(41-33)38(28-11-5-2-6-12-28)37-32(40-34)31(39)23-9-3-1-4-10-23/h1-22H. The van der Waals surface area contributed by atoms with E-state index < -0.39 is 8.95 Å². The van der Waals surface area contributed by atoms with E-state index in [-0.39, 0.29) is 5.78 Å². The van der Waals surface area contributed by atoms with Gasteiger partial charge in [-0.2, -0.15) is 5.10 Å². The van der Waals surface area contributed by atoms with Crippen LogP contribution in [0.5, 0.6) is 0 Å². The molecule has 2 aliphatic heterocycles. The molecule has 7 heteroatoms. The fourth-order valence-electron chi connectivity index (χ4n) is 5.53. The Bertz CT molecular complexity index is 1730. The summed E-state index contributed by atoms with van der Waals surface area (Å²) in [6, 6.07) is 45.3. The van der Waals surface area contributed by atoms with Gasteiger partial charge in [0.05, 0.1) is 10.4 Å². The molecule has 200 valence electrons. The van der Waals surface area contributed by atoms with Crippen LogP contribution in [-0.2, 0) is 8.95 Å². The van der Waals surface area contributed by atoms with Gasteiger partial charge in [0.25, 0.3) is 0 Å². The molecule has 0 saturated carbocycles. The first-order valence-electron chi connectivity index (χ1n) is 13.1. The van der Waals surface area contributed by atoms with Crippen LogP contribution in [0.2, 0.25) is 0 Å². The van der Waals surface area contributed by atoms with Gasteiger partial charge in [-0.25, -0.2) is 5.01 Å². The third-order valence-electron chi connectivity index (χ3n) is 7.38. The van der Waals surface area contributed by atoms with Crippen molar-refractivity contribution in [3.63, 3.8) is 0 Å². The number of fused-ring (bicyclic) bond motifs is 2. The Morgan fingerprint density at radius 3 is 1.73 bits per heavy atom. The summed E-state index contributed by atoms with van der Waals surface area (Å²) < 4.78 is 0.772. The molecular weight excluding hydrogens is 676 g/mol. The second-order valence-electron chi connectivity index (χ2n) is 9.77. The Hall–Kier alpha value is -3.10. The zero-order valence-corrected chi connectivity index (χ0v) is 26.4. The molecule has 5 aromatic rings. The van der Waals surface area contributed by atoms with Gasteiger partial charge in [-0.3, -0.25) is 4.79 Å². The SMILES string of the molecule is O=C(C1=NN(c2ccccc2)C2(S1)SC(c1ccc(Br)cc1)(c1ccc(Br)cc1)c1ccccc12)c1ccccc1. The number of anilines is 1. The fraction of sp³-hybridized carbons (Fsp3) is 0.0588. The van der Waals surface area contributed by atoms with E-state index >= 15 is 0 Å². The van der Waals surface area contributed by atoms with Gasteiger partial charge in [-0.15, -0.1) is 0 Å². The monoisotopic (exact) mass is 696 g/mol. The number of ketones is 1. The van der Waals surface area contributed by atoms with Crippen molar-refractivity contribution >= 4 is 71.9 Å². The lowest BCUT2D eigenvalue weighted by Gasteiger charge is -2.37. The topological polar surface area (TPSA) is 32.7 Å². The first-order valence-corrected chi connectivity index (χ1v) is 16.3. The van der Waals surface area contributed by atoms with Gasteiger partial charge in [-0.1, -0.05) is 152 Å². The first-order chi connectivity index (χ1) is 20.0. The van der Waals surface area contributed by atoms with Crippen LogP contribution in [0.15, 0.2) is 148 Å². The van der Waals surface area contributed by atoms with Crippen LogP contribution in [0.3, 0.4) is 0 Å². The number of thioether (sulfide) groups is 2. The molecule has 2 heterocycles. The lowest BCUT2D eigenvalue weighted by Crippen LogP contribution is -2.34. The molecular formula is C34H22Br2N2OS2. The maximum Gasteiger partial charge on any atom is 0.219 e. The van der Waals surface area contributed by atoms with Gasteiger partial charge in [-0.05, 0) is 53.1 Å². The normalized spacial score (nSPS) is 18.8. The summed E-state index contributed by atoms with van der Waals surface area (Å²) in [5, 5.41) is 7.61. The van der Waals surface area contributed by atoms with Crippen molar-refractivity contribution < 1.29 is 4.79 Å². The van der Waals surface area contributed by atoms with E-state index in [1.54, 1.807) is 0 Å². The van der Waals surface area contributed by atoms with Crippen molar-refractivity contribution in [1.29, 1.82) is 0 Å². The number of Topliss-reactive ketones (excluding diaryl/α,β-unsaturated/α-hetero) is 1. The van der Waals surface area contributed by atoms with Gasteiger partial charge in [0.2, 0.25) is 5.78 Å². The molecule has 0 radical (unpaired) electrons. The Balaban J connectivity index is 1.48. The lowest BCUT2D eigenvalue weighted by molar-refractivity contribution is 0.106. The number of nitrogens with zero attached hydrogens (tertiary/aromatic N) is 2. The van der Waals surface area contributed by atoms with Crippen molar-refractivity contribution in [2.45, 2.75) is 8.95 Å². The minimum atomic E-state index is -0.724. The molecule has 7 rings (SSSR count). The second kappa shape index (κ2) is 10.6. The molecule has 0 fully saturated rings. The van der Waals surface area contributed by atoms with E-state index in [0.29, 0.717) is 10.6 Å². The average molecular weight is 699 g/mol. The molecule has 0 bridgehead atoms. The first kappa shape index (κ1) is 26.8. The van der Waals surface area contributed by atoms with Crippen LogP contribution in [0.4, 0.5) is 5.69 Å². The predicted molar refractivity (Wildman–Crippen MR) is 179 cm³/mol. The fourth-order valence-corrected chi connectivity index (χ4v) is 9.69. The van der Waals surface area contributed by atoms with E-state index in [1.807, 2.05) is 60.3 Å². The Morgan fingerprint density at radius 2 is 1.15 bits per heavy atom. The second-order valence-corrected chi connectivity index (χ2v) is 14.5. The highest BCUT2D eigenvalue weighted by Gasteiger charge is 2.61. The highest BCUT2D eigenvalue weighted by Crippen LogP contribution is 2.71. The number of carbonyl (C=O) groups is 1. The number of hydrazone groups is 1. The van der Waals surface area contributed by atoms with Crippen molar-refractivity contribution in [1.82, 2.24) is 0 Å². The van der Waals surface area contributed by atoms with Crippen LogP contribution in [0, 0.1) is 0 Å². The maximum atomic E-state index is 13.9. The number of hydrogen-bond donors (Lipinski definition) is 0. The van der Waals surface area contributed by atoms with Gasteiger partial charge in [0.1, 0.15) is 0 Å². The molecule has 3 nitrogen and oxygen atoms in total. The molecule has 0 aliphatic carbocycles. The number of para-hydroxylation sites is 1. The number of benzene rings is 5. The van der Waals surface area contributed by atoms with Crippen molar-refractivity contribution in [2.75, 3.05) is 5.01 Å². The summed E-state index contributed by atoms with van der Waals surface area (Å²) >= 11 is 10.6. The molecule has 0 saturated heterocycles. The molecule has 1 atom stereocenters. The minimum Gasteiger partial charge on any atom is -0.286 e. The predicted octanol–water partition coefficient (Wildman–Crippen LogP) is 9.81. The van der Waals surface area contributed by atoms with Crippen LogP contribution in [0.25, 0.3) is 0 Å². The molecule has 1 spiro atoms. The molecule has 0 amide bonds. The third-order valence-corrected chi connectivity index (χ3v) is 11.7. The van der Waals surface area contributed by atoms with E-state index in [2.05, 4.69) is 122 Å². The molecule has 0 aromatic heterocycles. The summed E-state index contributed by atoms with van der Waals surface area (Å²) in [6.07, 6.45) is 0. The number of halogens is 2. The van der Waals surface area contributed by atoms with Crippen LogP contribution < -0.4 is 5.01 Å². The Labute approximate surface area is 264 Å². The Morgan fingerprint density at radius 1 is 0.634 bits per heavy atom. The average Bonchev–Trinajstić information content (AvgIpc) is 3.55. The van der Waals surface area contributed by atoms with Gasteiger partial charge in [0, 0.05) is 20.1 Å². The largest absolute Gasteiger partial charge is 0.286 e. The summed E-state index contributed by atoms with van der Waals surface area (Å²) in [5.41, 5.74) is 6.20.